The standard InChI is InChI=1S/C27H35F3N2O5S/c1-26(2,15-19-12-20-6-4-5-7-21(20)13-19)31-16-22(33)17-32(3)38(36,37)24-10-8-18(9-11-25(34)35)14-23(24)27(28,29)30/h4-8,10,14,19,22,31,33H,9,11-13,15-17H2,1-3H3,(H,34,35). The summed E-state index contributed by atoms with van der Waals surface area (Å²) in [5.41, 5.74) is 1.04. The summed E-state index contributed by atoms with van der Waals surface area (Å²) in [5, 5.41) is 22.6. The summed E-state index contributed by atoms with van der Waals surface area (Å²) < 4.78 is 68.0. The summed E-state index contributed by atoms with van der Waals surface area (Å²) in [6.07, 6.45) is -3.88. The van der Waals surface area contributed by atoms with Crippen molar-refractivity contribution in [1.29, 1.82) is 0 Å². The molecule has 1 unspecified atom stereocenters. The first-order valence-electron chi connectivity index (χ1n) is 12.5. The fourth-order valence-corrected chi connectivity index (χ4v) is 6.44. The number of aliphatic carboxylic acids is 1. The van der Waals surface area contributed by atoms with Gasteiger partial charge in [0.25, 0.3) is 0 Å². The average molecular weight is 557 g/mol. The maximum Gasteiger partial charge on any atom is 0.417 e. The van der Waals surface area contributed by atoms with Gasteiger partial charge < -0.3 is 15.5 Å². The normalized spacial score (nSPS) is 15.6. The maximum atomic E-state index is 13.7. The zero-order valence-electron chi connectivity index (χ0n) is 21.8. The molecule has 0 radical (unpaired) electrons. The van der Waals surface area contributed by atoms with Gasteiger partial charge in [-0.25, -0.2) is 8.42 Å². The Kier molecular flexibility index (Phi) is 9.28. The highest BCUT2D eigenvalue weighted by atomic mass is 32.2. The zero-order chi connectivity index (χ0) is 28.3. The third kappa shape index (κ3) is 7.78. The van der Waals surface area contributed by atoms with Gasteiger partial charge in [-0.3, -0.25) is 4.79 Å². The molecule has 1 aliphatic carbocycles. The van der Waals surface area contributed by atoms with Crippen molar-refractivity contribution in [3.8, 4) is 0 Å². The predicted molar refractivity (Wildman–Crippen MR) is 137 cm³/mol. The molecule has 38 heavy (non-hydrogen) atoms. The van der Waals surface area contributed by atoms with Gasteiger partial charge in [0.05, 0.1) is 16.6 Å². The highest BCUT2D eigenvalue weighted by molar-refractivity contribution is 7.89. The van der Waals surface area contributed by atoms with E-state index in [1.807, 2.05) is 26.0 Å². The SMILES string of the molecule is CN(CC(O)CNC(C)(C)CC1Cc2ccccc2C1)S(=O)(=O)c1ccc(CCC(=O)O)cc1C(F)(F)F. The van der Waals surface area contributed by atoms with Crippen molar-refractivity contribution in [2.45, 2.75) is 68.7 Å². The van der Waals surface area contributed by atoms with E-state index in [4.69, 9.17) is 5.11 Å². The average Bonchev–Trinajstić information content (AvgIpc) is 3.22. The molecule has 3 N–H and O–H groups in total. The van der Waals surface area contributed by atoms with E-state index >= 15 is 0 Å². The van der Waals surface area contributed by atoms with Gasteiger partial charge >= 0.3 is 12.1 Å². The number of nitrogens with one attached hydrogen (secondary N) is 1. The van der Waals surface area contributed by atoms with Crippen molar-refractivity contribution in [1.82, 2.24) is 9.62 Å². The molecule has 0 saturated heterocycles. The molecule has 0 saturated carbocycles. The first kappa shape index (κ1) is 30.1. The number of benzene rings is 2. The number of nitrogens with zero attached hydrogens (tertiary/aromatic N) is 1. The van der Waals surface area contributed by atoms with E-state index in [-0.39, 0.29) is 30.5 Å². The number of aryl methyl sites for hydroxylation is 1. The van der Waals surface area contributed by atoms with Crippen LogP contribution in [-0.2, 0) is 40.3 Å². The second kappa shape index (κ2) is 11.7. The molecule has 1 atom stereocenters. The van der Waals surface area contributed by atoms with Crippen LogP contribution in [-0.4, -0.2) is 60.7 Å². The lowest BCUT2D eigenvalue weighted by atomic mass is 9.88. The van der Waals surface area contributed by atoms with E-state index in [2.05, 4.69) is 17.4 Å². The Bertz CT molecular complexity index is 1220. The van der Waals surface area contributed by atoms with Crippen LogP contribution >= 0.6 is 0 Å². The molecular formula is C27H35F3N2O5S. The van der Waals surface area contributed by atoms with Gasteiger partial charge in [-0.15, -0.1) is 0 Å². The number of carboxylic acid groups (broad SMARTS) is 1. The Balaban J connectivity index is 1.62. The van der Waals surface area contributed by atoms with Crippen molar-refractivity contribution in [3.05, 3.63) is 64.7 Å². The lowest BCUT2D eigenvalue weighted by molar-refractivity contribution is -0.140. The number of β-amino-alcohol motifs (C(OH)–C–C–N with tert-alkyl or cyclic N) is 1. The van der Waals surface area contributed by atoms with Crippen molar-refractivity contribution in [3.63, 3.8) is 0 Å². The van der Waals surface area contributed by atoms with Gasteiger partial charge in [-0.1, -0.05) is 30.3 Å². The van der Waals surface area contributed by atoms with Crippen LogP contribution in [0.2, 0.25) is 0 Å². The molecule has 0 heterocycles. The lowest BCUT2D eigenvalue weighted by Gasteiger charge is -2.31. The second-order valence-corrected chi connectivity index (χ2v) is 12.7. The topological polar surface area (TPSA) is 107 Å². The summed E-state index contributed by atoms with van der Waals surface area (Å²) >= 11 is 0. The number of carbonyl (C=O) groups is 1. The molecular weight excluding hydrogens is 521 g/mol. The van der Waals surface area contributed by atoms with E-state index < -0.39 is 45.3 Å². The van der Waals surface area contributed by atoms with Crippen LogP contribution in [0.3, 0.4) is 0 Å². The molecule has 0 fully saturated rings. The van der Waals surface area contributed by atoms with Crippen LogP contribution in [0.25, 0.3) is 0 Å². The quantitative estimate of drug-likeness (QED) is 0.367. The first-order chi connectivity index (χ1) is 17.6. The zero-order valence-corrected chi connectivity index (χ0v) is 22.6. The van der Waals surface area contributed by atoms with Crippen LogP contribution in [0.5, 0.6) is 0 Å². The van der Waals surface area contributed by atoms with E-state index in [1.54, 1.807) is 0 Å². The summed E-state index contributed by atoms with van der Waals surface area (Å²) in [6.45, 7) is 3.67. The maximum absolute atomic E-state index is 13.7. The molecule has 0 bridgehead atoms. The Morgan fingerprint density at radius 1 is 1.13 bits per heavy atom. The lowest BCUT2D eigenvalue weighted by Crippen LogP contribution is -2.47. The van der Waals surface area contributed by atoms with Gasteiger partial charge in [-0.2, -0.15) is 17.5 Å². The molecule has 11 heteroatoms. The van der Waals surface area contributed by atoms with Crippen molar-refractivity contribution in [2.75, 3.05) is 20.1 Å². The molecule has 7 nitrogen and oxygen atoms in total. The largest absolute Gasteiger partial charge is 0.481 e. The van der Waals surface area contributed by atoms with Crippen LogP contribution in [0, 0.1) is 5.92 Å². The second-order valence-electron chi connectivity index (χ2n) is 10.7. The predicted octanol–water partition coefficient (Wildman–Crippen LogP) is 3.88. The van der Waals surface area contributed by atoms with Gasteiger partial charge in [-0.05, 0) is 74.3 Å². The number of carboxylic acids is 1. The minimum absolute atomic E-state index is 0.0623. The summed E-state index contributed by atoms with van der Waals surface area (Å²) in [6, 6.07) is 11.0. The fourth-order valence-electron chi connectivity index (χ4n) is 5.04. The van der Waals surface area contributed by atoms with Crippen LogP contribution in [0.1, 0.15) is 48.9 Å². The Hall–Kier alpha value is -2.47. The van der Waals surface area contributed by atoms with Gasteiger partial charge in [0, 0.05) is 32.1 Å². The number of hydrogen-bond acceptors (Lipinski definition) is 5. The van der Waals surface area contributed by atoms with Gasteiger partial charge in [0.2, 0.25) is 10.0 Å². The molecule has 2 aromatic carbocycles. The first-order valence-corrected chi connectivity index (χ1v) is 13.9. The van der Waals surface area contributed by atoms with E-state index in [0.29, 0.717) is 16.3 Å². The molecule has 0 amide bonds. The smallest absolute Gasteiger partial charge is 0.417 e. The van der Waals surface area contributed by atoms with E-state index in [1.165, 1.54) is 17.2 Å². The molecule has 1 aliphatic rings. The monoisotopic (exact) mass is 556 g/mol. The summed E-state index contributed by atoms with van der Waals surface area (Å²) in [7, 11) is -3.47. The van der Waals surface area contributed by atoms with Crippen molar-refractivity contribution >= 4 is 16.0 Å². The Morgan fingerprint density at radius 2 is 1.74 bits per heavy atom. The molecule has 0 aromatic heterocycles. The molecule has 0 spiro atoms. The van der Waals surface area contributed by atoms with Crippen LogP contribution < -0.4 is 5.32 Å². The van der Waals surface area contributed by atoms with E-state index in [0.717, 1.165) is 32.4 Å². The molecule has 210 valence electrons. The number of likely N-dealkylation sites (N-methyl/N-ethyl adjacent to an activating group) is 1. The van der Waals surface area contributed by atoms with Crippen LogP contribution in [0.4, 0.5) is 13.2 Å². The summed E-state index contributed by atoms with van der Waals surface area (Å²) in [4.78, 5) is 9.83. The fraction of sp³-hybridized carbons (Fsp3) is 0.519. The molecule has 2 aromatic rings. The van der Waals surface area contributed by atoms with E-state index in [9.17, 15) is 31.5 Å². The number of fused-ring (bicyclic) bond motifs is 1. The minimum Gasteiger partial charge on any atom is -0.481 e. The van der Waals surface area contributed by atoms with Gasteiger partial charge in [0.15, 0.2) is 0 Å². The van der Waals surface area contributed by atoms with Crippen molar-refractivity contribution < 1.29 is 36.6 Å². The number of alkyl halides is 3. The van der Waals surface area contributed by atoms with Crippen molar-refractivity contribution in [2.24, 2.45) is 5.92 Å². The number of aliphatic hydroxyl groups is 1. The number of hydrogen-bond donors (Lipinski definition) is 3. The third-order valence-electron chi connectivity index (χ3n) is 6.88. The number of halogens is 3. The highest BCUT2D eigenvalue weighted by Crippen LogP contribution is 2.36. The minimum atomic E-state index is -4.97. The molecule has 3 rings (SSSR count). The van der Waals surface area contributed by atoms with Gasteiger partial charge in [0.1, 0.15) is 0 Å². The Morgan fingerprint density at radius 3 is 2.29 bits per heavy atom. The number of sulfonamides is 1. The third-order valence-corrected chi connectivity index (χ3v) is 8.77. The number of rotatable bonds is 12. The number of aliphatic hydroxyl groups excluding tert-OH is 1. The molecule has 0 aliphatic heterocycles. The Labute approximate surface area is 221 Å². The summed E-state index contributed by atoms with van der Waals surface area (Å²) in [5.74, 6) is -0.733. The van der Waals surface area contributed by atoms with Crippen LogP contribution in [0.15, 0.2) is 47.4 Å². The highest BCUT2D eigenvalue weighted by Gasteiger charge is 2.39.